The standard InChI is InChI=1S/C12H7ClF2O/c13-11(16)10-8-4-2-1-3-7(8)5-6-9(10)12(14)15/h1-6,12H. The van der Waals surface area contributed by atoms with Crippen LogP contribution in [-0.2, 0) is 0 Å². The van der Waals surface area contributed by atoms with E-state index >= 15 is 0 Å². The molecule has 1 nitrogen and oxygen atoms in total. The second-order valence-electron chi connectivity index (χ2n) is 3.33. The van der Waals surface area contributed by atoms with Gasteiger partial charge in [-0.2, -0.15) is 0 Å². The molecule has 0 aliphatic carbocycles. The van der Waals surface area contributed by atoms with Gasteiger partial charge in [0.2, 0.25) is 0 Å². The predicted octanol–water partition coefficient (Wildman–Crippen LogP) is 4.16. The summed E-state index contributed by atoms with van der Waals surface area (Å²) in [6, 6.07) is 9.60. The summed E-state index contributed by atoms with van der Waals surface area (Å²) in [7, 11) is 0. The Hall–Kier alpha value is -1.48. The normalized spacial score (nSPS) is 11.0. The molecule has 0 spiro atoms. The van der Waals surface area contributed by atoms with Crippen molar-refractivity contribution >= 4 is 27.6 Å². The van der Waals surface area contributed by atoms with E-state index in [1.807, 2.05) is 0 Å². The van der Waals surface area contributed by atoms with Gasteiger partial charge in [-0.1, -0.05) is 36.4 Å². The Morgan fingerprint density at radius 1 is 1.12 bits per heavy atom. The van der Waals surface area contributed by atoms with Crippen LogP contribution in [-0.4, -0.2) is 5.24 Å². The number of fused-ring (bicyclic) bond motifs is 1. The van der Waals surface area contributed by atoms with E-state index in [1.54, 1.807) is 30.3 Å². The Bertz CT molecular complexity index is 552. The van der Waals surface area contributed by atoms with E-state index in [2.05, 4.69) is 0 Å². The molecule has 0 aromatic heterocycles. The van der Waals surface area contributed by atoms with Crippen LogP contribution in [0.4, 0.5) is 8.78 Å². The molecular formula is C12H7ClF2O. The smallest absolute Gasteiger partial charge is 0.264 e. The number of alkyl halides is 2. The first-order valence-electron chi connectivity index (χ1n) is 4.61. The van der Waals surface area contributed by atoms with Crippen molar-refractivity contribution in [1.29, 1.82) is 0 Å². The summed E-state index contributed by atoms with van der Waals surface area (Å²) in [5.74, 6) is 0. The molecule has 0 heterocycles. The van der Waals surface area contributed by atoms with Gasteiger partial charge < -0.3 is 0 Å². The zero-order valence-electron chi connectivity index (χ0n) is 8.08. The van der Waals surface area contributed by atoms with Gasteiger partial charge in [-0.25, -0.2) is 8.78 Å². The third-order valence-corrected chi connectivity index (χ3v) is 2.58. The minimum Gasteiger partial charge on any atom is -0.276 e. The average Bonchev–Trinajstić information content (AvgIpc) is 2.27. The van der Waals surface area contributed by atoms with Crippen LogP contribution in [0.25, 0.3) is 10.8 Å². The molecule has 0 N–H and O–H groups in total. The highest BCUT2D eigenvalue weighted by molar-refractivity contribution is 6.68. The van der Waals surface area contributed by atoms with Gasteiger partial charge in [0.15, 0.2) is 0 Å². The SMILES string of the molecule is O=C(Cl)c1c(C(F)F)ccc2ccccc12. The van der Waals surface area contributed by atoms with Crippen LogP contribution in [0.2, 0.25) is 0 Å². The number of halogens is 3. The molecule has 16 heavy (non-hydrogen) atoms. The third kappa shape index (κ3) is 1.78. The first-order chi connectivity index (χ1) is 7.61. The lowest BCUT2D eigenvalue weighted by Gasteiger charge is -2.08. The minimum absolute atomic E-state index is 0.102. The highest BCUT2D eigenvalue weighted by Gasteiger charge is 2.19. The number of rotatable bonds is 2. The van der Waals surface area contributed by atoms with E-state index in [1.165, 1.54) is 6.07 Å². The van der Waals surface area contributed by atoms with Gasteiger partial charge in [0, 0.05) is 5.56 Å². The van der Waals surface area contributed by atoms with Crippen molar-refractivity contribution in [2.45, 2.75) is 6.43 Å². The molecule has 0 saturated carbocycles. The van der Waals surface area contributed by atoms with E-state index in [0.717, 1.165) is 5.39 Å². The molecule has 82 valence electrons. The van der Waals surface area contributed by atoms with E-state index < -0.39 is 11.7 Å². The second-order valence-corrected chi connectivity index (χ2v) is 3.67. The van der Waals surface area contributed by atoms with Crippen molar-refractivity contribution in [3.05, 3.63) is 47.5 Å². The zero-order chi connectivity index (χ0) is 11.7. The van der Waals surface area contributed by atoms with Crippen LogP contribution >= 0.6 is 11.6 Å². The summed E-state index contributed by atoms with van der Waals surface area (Å²) in [6.45, 7) is 0. The fraction of sp³-hybridized carbons (Fsp3) is 0.0833. The summed E-state index contributed by atoms with van der Waals surface area (Å²) in [5, 5.41) is 0.323. The van der Waals surface area contributed by atoms with Crippen molar-refractivity contribution in [3.8, 4) is 0 Å². The third-order valence-electron chi connectivity index (χ3n) is 2.39. The summed E-state index contributed by atoms with van der Waals surface area (Å²) >= 11 is 5.36. The lowest BCUT2D eigenvalue weighted by atomic mass is 10.00. The molecule has 4 heteroatoms. The molecule has 2 aromatic rings. The van der Waals surface area contributed by atoms with Crippen molar-refractivity contribution in [2.75, 3.05) is 0 Å². The van der Waals surface area contributed by atoms with E-state index in [-0.39, 0.29) is 11.1 Å². The molecule has 2 aromatic carbocycles. The number of carbonyl (C=O) groups is 1. The van der Waals surface area contributed by atoms with E-state index in [4.69, 9.17) is 11.6 Å². The van der Waals surface area contributed by atoms with Crippen molar-refractivity contribution in [1.82, 2.24) is 0 Å². The first kappa shape index (κ1) is 11.0. The molecule has 0 amide bonds. The fourth-order valence-electron chi connectivity index (χ4n) is 1.69. The molecule has 0 aliphatic heterocycles. The summed E-state index contributed by atoms with van der Waals surface area (Å²) in [6.07, 6.45) is -2.71. The lowest BCUT2D eigenvalue weighted by Crippen LogP contribution is -1.99. The Morgan fingerprint density at radius 2 is 1.81 bits per heavy atom. The monoisotopic (exact) mass is 240 g/mol. The van der Waals surface area contributed by atoms with Gasteiger partial charge >= 0.3 is 0 Å². The second kappa shape index (κ2) is 4.18. The average molecular weight is 241 g/mol. The Balaban J connectivity index is 2.84. The van der Waals surface area contributed by atoms with Gasteiger partial charge in [0.1, 0.15) is 0 Å². The van der Waals surface area contributed by atoms with Crippen molar-refractivity contribution < 1.29 is 13.6 Å². The topological polar surface area (TPSA) is 17.1 Å². The van der Waals surface area contributed by atoms with Crippen LogP contribution in [0.3, 0.4) is 0 Å². The maximum atomic E-state index is 12.7. The Kier molecular flexibility index (Phi) is 2.88. The summed E-state index contributed by atoms with van der Waals surface area (Å²) in [4.78, 5) is 11.2. The molecule has 0 saturated heterocycles. The van der Waals surface area contributed by atoms with Gasteiger partial charge in [-0.05, 0) is 22.4 Å². The van der Waals surface area contributed by atoms with Crippen molar-refractivity contribution in [3.63, 3.8) is 0 Å². The van der Waals surface area contributed by atoms with Crippen molar-refractivity contribution in [2.24, 2.45) is 0 Å². The summed E-state index contributed by atoms with van der Waals surface area (Å²) in [5.41, 5.74) is -0.423. The molecule has 0 fully saturated rings. The largest absolute Gasteiger partial charge is 0.276 e. The quantitative estimate of drug-likeness (QED) is 0.721. The zero-order valence-corrected chi connectivity index (χ0v) is 8.84. The molecule has 0 radical (unpaired) electrons. The Morgan fingerprint density at radius 3 is 2.44 bits per heavy atom. The number of hydrogen-bond donors (Lipinski definition) is 0. The van der Waals surface area contributed by atoms with Gasteiger partial charge in [0.25, 0.3) is 11.7 Å². The number of carbonyl (C=O) groups excluding carboxylic acids is 1. The van der Waals surface area contributed by atoms with Gasteiger partial charge in [-0.3, -0.25) is 4.79 Å². The maximum absolute atomic E-state index is 12.7. The summed E-state index contributed by atoms with van der Waals surface area (Å²) < 4.78 is 25.4. The van der Waals surface area contributed by atoms with E-state index in [9.17, 15) is 13.6 Å². The number of hydrogen-bond acceptors (Lipinski definition) is 1. The van der Waals surface area contributed by atoms with Crippen LogP contribution in [0.15, 0.2) is 36.4 Å². The first-order valence-corrected chi connectivity index (χ1v) is 4.98. The molecule has 2 rings (SSSR count). The Labute approximate surface area is 95.6 Å². The van der Waals surface area contributed by atoms with Crippen LogP contribution < -0.4 is 0 Å². The molecule has 0 atom stereocenters. The molecule has 0 unspecified atom stereocenters. The highest BCUT2D eigenvalue weighted by atomic mass is 35.5. The maximum Gasteiger partial charge on any atom is 0.264 e. The van der Waals surface area contributed by atoms with Gasteiger partial charge in [-0.15, -0.1) is 0 Å². The van der Waals surface area contributed by atoms with Crippen LogP contribution in [0, 0.1) is 0 Å². The van der Waals surface area contributed by atoms with Gasteiger partial charge in [0.05, 0.1) is 5.56 Å². The van der Waals surface area contributed by atoms with E-state index in [0.29, 0.717) is 5.39 Å². The predicted molar refractivity (Wildman–Crippen MR) is 59.1 cm³/mol. The highest BCUT2D eigenvalue weighted by Crippen LogP contribution is 2.30. The van der Waals surface area contributed by atoms with Crippen LogP contribution in [0.1, 0.15) is 22.3 Å². The molecule has 0 aliphatic rings. The van der Waals surface area contributed by atoms with Crippen LogP contribution in [0.5, 0.6) is 0 Å². The molecule has 0 bridgehead atoms. The fourth-order valence-corrected chi connectivity index (χ4v) is 1.90. The minimum atomic E-state index is -2.71. The lowest BCUT2D eigenvalue weighted by molar-refractivity contribution is 0.106. The molecular weight excluding hydrogens is 234 g/mol. The number of benzene rings is 2.